The molecule has 0 saturated carbocycles. The van der Waals surface area contributed by atoms with E-state index >= 15 is 0 Å². The van der Waals surface area contributed by atoms with E-state index in [1.807, 2.05) is 0 Å². The van der Waals surface area contributed by atoms with Crippen LogP contribution in [0.15, 0.2) is 0 Å². The van der Waals surface area contributed by atoms with Crippen molar-refractivity contribution in [2.24, 2.45) is 0 Å². The molecule has 0 bridgehead atoms. The van der Waals surface area contributed by atoms with Crippen LogP contribution in [0, 0.1) is 6.92 Å². The fourth-order valence-electron chi connectivity index (χ4n) is 3.76. The Hall–Kier alpha value is 0.844. The van der Waals surface area contributed by atoms with Gasteiger partial charge in [0.2, 0.25) is 0 Å². The molecule has 32 heavy (non-hydrogen) atoms. The summed E-state index contributed by atoms with van der Waals surface area (Å²) in [5, 5.41) is 0. The quantitative estimate of drug-likeness (QED) is 0.147. The number of hydrogen-bond acceptors (Lipinski definition) is 6. The topological polar surface area (TPSA) is 55.4 Å². The van der Waals surface area contributed by atoms with Gasteiger partial charge in [-0.2, -0.15) is 0 Å². The van der Waals surface area contributed by atoms with Crippen molar-refractivity contribution in [3.63, 3.8) is 0 Å². The molecule has 0 aliphatic carbocycles. The van der Waals surface area contributed by atoms with Gasteiger partial charge in [0.15, 0.2) is 16.6 Å². The van der Waals surface area contributed by atoms with Crippen molar-refractivity contribution >= 4 is 42.3 Å². The molecule has 0 aliphatic heterocycles. The van der Waals surface area contributed by atoms with E-state index < -0.39 is 42.3 Å². The maximum absolute atomic E-state index is 7.03. The van der Waals surface area contributed by atoms with Crippen molar-refractivity contribution in [3.05, 3.63) is 6.92 Å². The van der Waals surface area contributed by atoms with E-state index in [-0.39, 0.29) is 5.73 Å². The summed E-state index contributed by atoms with van der Waals surface area (Å²) >= 11 is 0. The zero-order valence-electron chi connectivity index (χ0n) is 23.1. The predicted molar refractivity (Wildman–Crippen MR) is 147 cm³/mol. The summed E-state index contributed by atoms with van der Waals surface area (Å²) in [4.78, 5) is 0. The van der Waals surface area contributed by atoms with E-state index in [1.54, 1.807) is 0 Å². The Labute approximate surface area is 205 Å². The SMILES string of the molecule is [CH]CCOC(C)[Si](C)(O[Si](C)(C)C)O[Si](C)(CCCOCCC)O[Si](C)(C)O[Si](C)(C)C. The Balaban J connectivity index is 5.82. The Morgan fingerprint density at radius 3 is 1.75 bits per heavy atom. The fraction of sp³-hybridized carbons (Fsp3) is 0.952. The van der Waals surface area contributed by atoms with E-state index in [9.17, 15) is 0 Å². The molecule has 0 fully saturated rings. The molecule has 0 spiro atoms. The van der Waals surface area contributed by atoms with Crippen molar-refractivity contribution in [3.8, 4) is 0 Å². The maximum atomic E-state index is 7.03. The second-order valence-electron chi connectivity index (χ2n) is 11.2. The van der Waals surface area contributed by atoms with Gasteiger partial charge < -0.3 is 25.9 Å². The Morgan fingerprint density at radius 2 is 1.28 bits per heavy atom. The Bertz CT molecular complexity index is 526. The molecule has 6 nitrogen and oxygen atoms in total. The molecular weight excluding hydrogens is 489 g/mol. The number of ether oxygens (including phenoxy) is 2. The largest absolute Gasteiger partial charge is 0.437 e. The van der Waals surface area contributed by atoms with Gasteiger partial charge in [-0.05, 0) is 105 Å². The monoisotopic (exact) mass is 540 g/mol. The average Bonchev–Trinajstić information content (AvgIpc) is 2.54. The lowest BCUT2D eigenvalue weighted by Gasteiger charge is -2.45. The standard InChI is InChI=1S/C21H52O6Si5/c1-14-17-22-19-16-20-31(12,26-30(10,11)24-28(4,5)6)27-32(13,25-29(7,8)9)21(3)23-18-15-2/h2,21H,14-20H2,1,3-13H3. The Kier molecular flexibility index (Phi) is 14.2. The van der Waals surface area contributed by atoms with E-state index in [4.69, 9.17) is 32.9 Å². The molecule has 2 radical (unpaired) electrons. The lowest BCUT2D eigenvalue weighted by atomic mass is 10.5. The normalized spacial score (nSPS) is 18.3. The second kappa shape index (κ2) is 13.8. The van der Waals surface area contributed by atoms with E-state index in [2.05, 4.69) is 79.3 Å². The Morgan fingerprint density at radius 1 is 0.719 bits per heavy atom. The maximum Gasteiger partial charge on any atom is 0.345 e. The zero-order valence-corrected chi connectivity index (χ0v) is 28.1. The minimum Gasteiger partial charge on any atom is -0.437 e. The smallest absolute Gasteiger partial charge is 0.345 e. The zero-order chi connectivity index (χ0) is 25.3. The molecule has 192 valence electrons. The summed E-state index contributed by atoms with van der Waals surface area (Å²) in [6.45, 7) is 33.7. The minimum absolute atomic E-state index is 0.146. The highest BCUT2D eigenvalue weighted by Gasteiger charge is 2.51. The van der Waals surface area contributed by atoms with Crippen LogP contribution in [0.3, 0.4) is 0 Å². The first kappa shape index (κ1) is 32.8. The molecule has 0 aromatic carbocycles. The van der Waals surface area contributed by atoms with Crippen LogP contribution in [0.1, 0.15) is 33.1 Å². The molecule has 0 rings (SSSR count). The van der Waals surface area contributed by atoms with E-state index in [0.717, 1.165) is 25.5 Å². The van der Waals surface area contributed by atoms with Gasteiger partial charge in [-0.25, -0.2) is 0 Å². The molecule has 0 aromatic rings. The van der Waals surface area contributed by atoms with Gasteiger partial charge in [-0.3, -0.25) is 0 Å². The summed E-state index contributed by atoms with van der Waals surface area (Å²) in [7, 11) is -11.4. The summed E-state index contributed by atoms with van der Waals surface area (Å²) in [5.41, 5.74) is -0.146. The number of rotatable bonds is 18. The number of hydrogen-bond donors (Lipinski definition) is 0. The van der Waals surface area contributed by atoms with Crippen LogP contribution in [0.4, 0.5) is 0 Å². The van der Waals surface area contributed by atoms with Gasteiger partial charge in [0.25, 0.3) is 0 Å². The average molecular weight is 541 g/mol. The van der Waals surface area contributed by atoms with Crippen molar-refractivity contribution in [2.75, 3.05) is 19.8 Å². The highest BCUT2D eigenvalue weighted by Crippen LogP contribution is 2.31. The summed E-state index contributed by atoms with van der Waals surface area (Å²) < 4.78 is 39.0. The molecular formula is C21H52O6Si5. The summed E-state index contributed by atoms with van der Waals surface area (Å²) in [5.74, 6) is 0. The molecule has 0 saturated heterocycles. The van der Waals surface area contributed by atoms with Crippen molar-refractivity contribution < 1.29 is 25.9 Å². The molecule has 0 aromatic heterocycles. The third kappa shape index (κ3) is 15.0. The third-order valence-electron chi connectivity index (χ3n) is 4.43. The first-order valence-corrected chi connectivity index (χ1v) is 26.6. The third-order valence-corrected chi connectivity index (χ3v) is 22.9. The van der Waals surface area contributed by atoms with Crippen molar-refractivity contribution in [1.29, 1.82) is 0 Å². The van der Waals surface area contributed by atoms with Gasteiger partial charge in [-0.1, -0.05) is 6.92 Å². The first-order valence-electron chi connectivity index (χ1n) is 12.1. The van der Waals surface area contributed by atoms with Crippen LogP contribution in [-0.2, 0) is 25.9 Å². The molecule has 11 heteroatoms. The van der Waals surface area contributed by atoms with Crippen molar-refractivity contribution in [1.82, 2.24) is 0 Å². The highest BCUT2D eigenvalue weighted by molar-refractivity contribution is 6.91. The highest BCUT2D eigenvalue weighted by atomic mass is 28.5. The second-order valence-corrected chi connectivity index (χ2v) is 31.3. The summed E-state index contributed by atoms with van der Waals surface area (Å²) in [6.07, 6.45) is 2.40. The molecule has 3 atom stereocenters. The lowest BCUT2D eigenvalue weighted by Crippen LogP contribution is -2.64. The van der Waals surface area contributed by atoms with Crippen LogP contribution in [0.5, 0.6) is 0 Å². The van der Waals surface area contributed by atoms with Crippen LogP contribution < -0.4 is 0 Å². The van der Waals surface area contributed by atoms with E-state index in [1.165, 1.54) is 0 Å². The molecule has 3 unspecified atom stereocenters. The predicted octanol–water partition coefficient (Wildman–Crippen LogP) is 6.43. The fourth-order valence-corrected chi connectivity index (χ4v) is 27.1. The molecule has 0 amide bonds. The van der Waals surface area contributed by atoms with Gasteiger partial charge in [0, 0.05) is 19.8 Å². The minimum atomic E-state index is -2.74. The van der Waals surface area contributed by atoms with Gasteiger partial charge in [-0.15, -0.1) is 0 Å². The molecule has 0 heterocycles. The first-order chi connectivity index (χ1) is 14.4. The van der Waals surface area contributed by atoms with Crippen LogP contribution in [-0.4, -0.2) is 67.9 Å². The van der Waals surface area contributed by atoms with Gasteiger partial charge in [0.1, 0.15) is 0 Å². The van der Waals surface area contributed by atoms with Gasteiger partial charge in [0.05, 0.1) is 5.73 Å². The van der Waals surface area contributed by atoms with Crippen molar-refractivity contribution in [2.45, 2.75) is 110 Å². The molecule has 0 N–H and O–H groups in total. The van der Waals surface area contributed by atoms with Crippen LogP contribution in [0.25, 0.3) is 0 Å². The lowest BCUT2D eigenvalue weighted by molar-refractivity contribution is 0.0865. The van der Waals surface area contributed by atoms with E-state index in [0.29, 0.717) is 19.6 Å². The van der Waals surface area contributed by atoms with Crippen LogP contribution in [0.2, 0.25) is 71.5 Å². The summed E-state index contributed by atoms with van der Waals surface area (Å²) in [6, 6.07) is 0.837. The van der Waals surface area contributed by atoms with Crippen LogP contribution >= 0.6 is 0 Å². The molecule has 0 aliphatic rings. The van der Waals surface area contributed by atoms with Gasteiger partial charge >= 0.3 is 25.7 Å².